The van der Waals surface area contributed by atoms with Gasteiger partial charge in [-0.05, 0) is 42.5 Å². The van der Waals surface area contributed by atoms with Crippen LogP contribution in [-0.2, 0) is 6.18 Å². The van der Waals surface area contributed by atoms with E-state index >= 15 is 0 Å². The lowest BCUT2D eigenvalue weighted by Gasteiger charge is -2.63. The van der Waals surface area contributed by atoms with Gasteiger partial charge in [-0.1, -0.05) is 27.7 Å². The smallest absolute Gasteiger partial charge is 0.417 e. The number of ether oxygens (including phenoxy) is 1. The number of anilines is 1. The minimum absolute atomic E-state index is 0.0369. The number of alkyl halides is 3. The molecule has 0 spiro atoms. The molecule has 32 heavy (non-hydrogen) atoms. The second-order valence-electron chi connectivity index (χ2n) is 9.19. The molecule has 0 radical (unpaired) electrons. The third kappa shape index (κ3) is 4.12. The first-order valence-corrected chi connectivity index (χ1v) is 10.2. The summed E-state index contributed by atoms with van der Waals surface area (Å²) >= 11 is 0. The van der Waals surface area contributed by atoms with Crippen molar-refractivity contribution >= 4 is 11.6 Å². The minimum Gasteiger partial charge on any atom is -0.489 e. The van der Waals surface area contributed by atoms with Crippen molar-refractivity contribution in [2.75, 3.05) is 12.4 Å². The molecular weight excluding hydrogens is 419 g/mol. The van der Waals surface area contributed by atoms with Gasteiger partial charge in [0.05, 0.1) is 17.2 Å². The van der Waals surface area contributed by atoms with Gasteiger partial charge < -0.3 is 15.4 Å². The van der Waals surface area contributed by atoms with E-state index in [0.29, 0.717) is 5.56 Å². The zero-order chi connectivity index (χ0) is 23.9. The van der Waals surface area contributed by atoms with Crippen LogP contribution < -0.4 is 15.4 Å². The molecule has 0 saturated heterocycles. The molecule has 8 heteroatoms. The summed E-state index contributed by atoms with van der Waals surface area (Å²) in [6.45, 7) is 7.64. The Morgan fingerprint density at radius 3 is 2.16 bits per heavy atom. The summed E-state index contributed by atoms with van der Waals surface area (Å²) in [6.07, 6.45) is -5.12. The van der Waals surface area contributed by atoms with Crippen LogP contribution in [-0.4, -0.2) is 25.1 Å². The summed E-state index contributed by atoms with van der Waals surface area (Å²) in [5.74, 6) is -0.190. The molecule has 0 bridgehead atoms. The lowest BCUT2D eigenvalue weighted by molar-refractivity contribution is -0.164. The fourth-order valence-corrected chi connectivity index (χ4v) is 4.87. The van der Waals surface area contributed by atoms with Crippen molar-refractivity contribution in [2.24, 2.45) is 10.8 Å². The van der Waals surface area contributed by atoms with Gasteiger partial charge in [-0.25, -0.2) is 0 Å². The van der Waals surface area contributed by atoms with Crippen LogP contribution in [0.2, 0.25) is 0 Å². The fourth-order valence-electron chi connectivity index (χ4n) is 4.87. The Morgan fingerprint density at radius 1 is 1.06 bits per heavy atom. The Kier molecular flexibility index (Phi) is 5.90. The number of benzene rings is 2. The van der Waals surface area contributed by atoms with Gasteiger partial charge in [-0.3, -0.25) is 4.79 Å². The van der Waals surface area contributed by atoms with Gasteiger partial charge >= 0.3 is 6.18 Å². The van der Waals surface area contributed by atoms with E-state index in [1.165, 1.54) is 6.07 Å². The van der Waals surface area contributed by atoms with Gasteiger partial charge in [-0.15, -0.1) is 0 Å². The number of nitriles is 1. The Balaban J connectivity index is 1.79. The summed E-state index contributed by atoms with van der Waals surface area (Å²) in [6, 6.07) is 11.7. The van der Waals surface area contributed by atoms with Gasteiger partial charge in [0.2, 0.25) is 0 Å². The highest BCUT2D eigenvalue weighted by Crippen LogP contribution is 2.55. The van der Waals surface area contributed by atoms with Gasteiger partial charge in [0.1, 0.15) is 11.9 Å². The molecule has 1 saturated carbocycles. The van der Waals surface area contributed by atoms with Gasteiger partial charge in [-0.2, -0.15) is 18.4 Å². The Morgan fingerprint density at radius 2 is 1.66 bits per heavy atom. The summed E-state index contributed by atoms with van der Waals surface area (Å²) in [7, 11) is 1.79. The molecule has 1 aliphatic carbocycles. The largest absolute Gasteiger partial charge is 0.489 e. The molecule has 1 aliphatic rings. The first-order valence-electron chi connectivity index (χ1n) is 10.2. The first-order chi connectivity index (χ1) is 14.8. The number of carbonyl (C=O) groups excluding carboxylic acids is 1. The zero-order valence-corrected chi connectivity index (χ0v) is 18.6. The highest BCUT2D eigenvalue weighted by molar-refractivity contribution is 5.95. The van der Waals surface area contributed by atoms with Gasteiger partial charge in [0, 0.05) is 35.2 Å². The van der Waals surface area contributed by atoms with E-state index in [2.05, 4.69) is 10.6 Å². The maximum atomic E-state index is 13.3. The van der Waals surface area contributed by atoms with E-state index in [0.717, 1.165) is 17.8 Å². The molecule has 2 N–H and O–H groups in total. The summed E-state index contributed by atoms with van der Waals surface area (Å²) in [4.78, 5) is 12.8. The second kappa shape index (κ2) is 8.05. The maximum absolute atomic E-state index is 13.3. The second-order valence-corrected chi connectivity index (χ2v) is 9.19. The number of rotatable bonds is 5. The van der Waals surface area contributed by atoms with E-state index in [-0.39, 0.29) is 17.7 Å². The van der Waals surface area contributed by atoms with E-state index in [4.69, 9.17) is 10.00 Å². The molecule has 1 amide bonds. The average molecular weight is 445 g/mol. The lowest BCUT2D eigenvalue weighted by Crippen LogP contribution is -2.74. The third-order valence-corrected chi connectivity index (χ3v) is 6.22. The molecule has 3 rings (SSSR count). The Bertz CT molecular complexity index is 1040. The number of nitrogens with one attached hydrogen (secondary N) is 2. The number of hydrogen-bond acceptors (Lipinski definition) is 4. The molecule has 2 aromatic carbocycles. The van der Waals surface area contributed by atoms with Crippen molar-refractivity contribution in [3.8, 4) is 11.8 Å². The van der Waals surface area contributed by atoms with Crippen LogP contribution >= 0.6 is 0 Å². The summed E-state index contributed by atoms with van der Waals surface area (Å²) < 4.78 is 45.9. The fraction of sp³-hybridized carbons (Fsp3) is 0.417. The Hall–Kier alpha value is -3.21. The highest BCUT2D eigenvalue weighted by atomic mass is 19.4. The number of halogens is 3. The molecule has 0 aromatic heterocycles. The first kappa shape index (κ1) is 23.5. The molecule has 0 heterocycles. The number of nitrogens with zero attached hydrogens (tertiary/aromatic N) is 1. The van der Waals surface area contributed by atoms with Crippen molar-refractivity contribution in [1.29, 1.82) is 5.26 Å². The topological polar surface area (TPSA) is 74.2 Å². The maximum Gasteiger partial charge on any atom is 0.417 e. The minimum atomic E-state index is -4.66. The van der Waals surface area contributed by atoms with E-state index in [1.54, 1.807) is 37.4 Å². The predicted octanol–water partition coefficient (Wildman–Crippen LogP) is 5.23. The molecule has 1 fully saturated rings. The van der Waals surface area contributed by atoms with Crippen LogP contribution in [0.4, 0.5) is 18.9 Å². The van der Waals surface area contributed by atoms with Gasteiger partial charge in [0.15, 0.2) is 0 Å². The van der Waals surface area contributed by atoms with E-state index in [1.807, 2.05) is 27.7 Å². The van der Waals surface area contributed by atoms with Crippen molar-refractivity contribution in [3.05, 3.63) is 59.2 Å². The standard InChI is InChI=1S/C24H26F3N3O2/c1-22(2)20(30-19(31)14-6-9-16(29-5)10-7-14)23(3,4)21(22)32-17-11-8-15(13-28)18(12-17)24(25,26)27/h6-12,20-21,29H,1-5H3,(H,30,31). The lowest BCUT2D eigenvalue weighted by atomic mass is 9.49. The molecule has 170 valence electrons. The predicted molar refractivity (Wildman–Crippen MR) is 115 cm³/mol. The van der Waals surface area contributed by atoms with Crippen LogP contribution in [0.5, 0.6) is 5.75 Å². The number of amides is 1. The van der Waals surface area contributed by atoms with Crippen LogP contribution in [0, 0.1) is 22.2 Å². The zero-order valence-electron chi connectivity index (χ0n) is 18.6. The van der Waals surface area contributed by atoms with Crippen LogP contribution in [0.1, 0.15) is 49.2 Å². The monoisotopic (exact) mass is 445 g/mol. The summed E-state index contributed by atoms with van der Waals surface area (Å²) in [5.41, 5.74) is -1.16. The Labute approximate surface area is 185 Å². The van der Waals surface area contributed by atoms with E-state index in [9.17, 15) is 18.0 Å². The van der Waals surface area contributed by atoms with Crippen molar-refractivity contribution in [1.82, 2.24) is 5.32 Å². The van der Waals surface area contributed by atoms with Gasteiger partial charge in [0.25, 0.3) is 5.91 Å². The summed E-state index contributed by atoms with van der Waals surface area (Å²) in [5, 5.41) is 15.0. The van der Waals surface area contributed by atoms with Crippen molar-refractivity contribution in [2.45, 2.75) is 46.0 Å². The van der Waals surface area contributed by atoms with Crippen molar-refractivity contribution in [3.63, 3.8) is 0 Å². The molecular formula is C24H26F3N3O2. The molecule has 2 aromatic rings. The normalized spacial score (nSPS) is 21.1. The molecule has 0 unspecified atom stereocenters. The third-order valence-electron chi connectivity index (χ3n) is 6.22. The van der Waals surface area contributed by atoms with Crippen LogP contribution in [0.25, 0.3) is 0 Å². The number of hydrogen-bond donors (Lipinski definition) is 2. The highest BCUT2D eigenvalue weighted by Gasteiger charge is 2.64. The number of carbonyl (C=O) groups is 1. The quantitative estimate of drug-likeness (QED) is 0.661. The SMILES string of the molecule is CNc1ccc(C(=O)NC2C(C)(C)C(Oc3ccc(C#N)c(C(F)(F)F)c3)C2(C)C)cc1. The van der Waals surface area contributed by atoms with Crippen LogP contribution in [0.15, 0.2) is 42.5 Å². The van der Waals surface area contributed by atoms with Crippen LogP contribution in [0.3, 0.4) is 0 Å². The van der Waals surface area contributed by atoms with Crippen molar-refractivity contribution < 1.29 is 22.7 Å². The molecule has 0 atom stereocenters. The van der Waals surface area contributed by atoms with E-state index < -0.39 is 34.2 Å². The molecule has 0 aliphatic heterocycles. The average Bonchev–Trinajstić information content (AvgIpc) is 2.74. The molecule has 5 nitrogen and oxygen atoms in total.